The second kappa shape index (κ2) is 3.80. The minimum absolute atomic E-state index is 0.199. The largest absolute Gasteiger partial charge is 0.466 e. The molecule has 4 fully saturated rings. The maximum Gasteiger partial charge on any atom is 0.318 e. The van der Waals surface area contributed by atoms with Gasteiger partial charge in [0.2, 0.25) is 0 Å². The monoisotopic (exact) mass is 252 g/mol. The molecule has 98 valence electrons. The van der Waals surface area contributed by atoms with Crippen molar-refractivity contribution in [1.82, 2.24) is 0 Å². The van der Waals surface area contributed by atoms with Crippen molar-refractivity contribution in [3.8, 4) is 0 Å². The van der Waals surface area contributed by atoms with Gasteiger partial charge in [-0.1, -0.05) is 0 Å². The molecule has 2 bridgehead atoms. The Labute approximate surface area is 105 Å². The van der Waals surface area contributed by atoms with E-state index in [1.165, 1.54) is 0 Å². The summed E-state index contributed by atoms with van der Waals surface area (Å²) < 4.78 is 9.89. The molecule has 0 aromatic heterocycles. The highest BCUT2D eigenvalue weighted by molar-refractivity contribution is 6.00. The van der Waals surface area contributed by atoms with Gasteiger partial charge in [0, 0.05) is 0 Å². The molecular weight excluding hydrogens is 236 g/mol. The van der Waals surface area contributed by atoms with Crippen LogP contribution in [-0.4, -0.2) is 24.5 Å². The predicted molar refractivity (Wildman–Crippen MR) is 59.1 cm³/mol. The highest BCUT2D eigenvalue weighted by Gasteiger charge is 2.67. The third-order valence-electron chi connectivity index (χ3n) is 4.79. The van der Waals surface area contributed by atoms with Gasteiger partial charge in [-0.2, -0.15) is 0 Å². The van der Waals surface area contributed by atoms with Crippen LogP contribution in [0.1, 0.15) is 32.6 Å². The summed E-state index contributed by atoms with van der Waals surface area (Å²) in [6.07, 6.45) is 2.89. The summed E-state index contributed by atoms with van der Waals surface area (Å²) in [7, 11) is 0. The molecular formula is C13H16O5. The van der Waals surface area contributed by atoms with Gasteiger partial charge in [0.05, 0.1) is 23.9 Å². The van der Waals surface area contributed by atoms with Gasteiger partial charge in [0.1, 0.15) is 0 Å². The fourth-order valence-corrected chi connectivity index (χ4v) is 3.98. The molecule has 0 radical (unpaired) electrons. The van der Waals surface area contributed by atoms with Crippen LogP contribution in [0.25, 0.3) is 0 Å². The quantitative estimate of drug-likeness (QED) is 0.543. The molecule has 0 aromatic carbocycles. The van der Waals surface area contributed by atoms with Gasteiger partial charge in [-0.25, -0.2) is 0 Å². The fraction of sp³-hybridized carbons (Fsp3) is 0.769. The van der Waals surface area contributed by atoms with Crippen molar-refractivity contribution >= 4 is 17.9 Å². The lowest BCUT2D eigenvalue weighted by Crippen LogP contribution is -2.54. The number of hydrogen-bond donors (Lipinski definition) is 0. The van der Waals surface area contributed by atoms with Gasteiger partial charge >= 0.3 is 17.9 Å². The third kappa shape index (κ3) is 1.30. The van der Waals surface area contributed by atoms with Gasteiger partial charge in [0.15, 0.2) is 0 Å². The van der Waals surface area contributed by atoms with Crippen molar-refractivity contribution in [3.63, 3.8) is 0 Å². The van der Waals surface area contributed by atoms with Crippen molar-refractivity contribution in [2.75, 3.05) is 6.61 Å². The van der Waals surface area contributed by atoms with E-state index in [1.807, 2.05) is 0 Å². The molecule has 5 heteroatoms. The molecule has 0 amide bonds. The summed E-state index contributed by atoms with van der Waals surface area (Å²) in [5, 5.41) is 0. The summed E-state index contributed by atoms with van der Waals surface area (Å²) in [6, 6.07) is 0. The second-order valence-corrected chi connectivity index (χ2v) is 5.46. The second-order valence-electron chi connectivity index (χ2n) is 5.46. The molecule has 3 aliphatic carbocycles. The Hall–Kier alpha value is -1.39. The van der Waals surface area contributed by atoms with Crippen molar-refractivity contribution in [2.24, 2.45) is 23.2 Å². The van der Waals surface area contributed by atoms with E-state index >= 15 is 0 Å². The van der Waals surface area contributed by atoms with E-state index in [2.05, 4.69) is 0 Å². The average Bonchev–Trinajstić information content (AvgIpc) is 2.69. The van der Waals surface area contributed by atoms with E-state index in [-0.39, 0.29) is 11.9 Å². The molecule has 0 spiro atoms. The van der Waals surface area contributed by atoms with Crippen molar-refractivity contribution < 1.29 is 23.9 Å². The number of fused-ring (bicyclic) bond motifs is 2. The van der Waals surface area contributed by atoms with Crippen molar-refractivity contribution in [3.05, 3.63) is 0 Å². The summed E-state index contributed by atoms with van der Waals surface area (Å²) in [5.74, 6) is -2.11. The maximum atomic E-state index is 12.2. The van der Waals surface area contributed by atoms with Crippen LogP contribution in [0.5, 0.6) is 0 Å². The highest BCUT2D eigenvalue weighted by Crippen LogP contribution is 2.59. The number of carbonyl (C=O) groups excluding carboxylic acids is 3. The number of hydrogen-bond acceptors (Lipinski definition) is 5. The SMILES string of the molecule is CCOC(=O)C12CCC(CC1)C1C(=O)OC(=O)C12. The Balaban J connectivity index is 2.00. The molecule has 0 aromatic rings. The number of carbonyl (C=O) groups is 3. The Bertz CT molecular complexity index is 419. The fourth-order valence-electron chi connectivity index (χ4n) is 3.98. The number of rotatable bonds is 2. The zero-order chi connectivity index (χ0) is 12.9. The summed E-state index contributed by atoms with van der Waals surface area (Å²) in [5.41, 5.74) is -0.807. The molecule has 5 nitrogen and oxygen atoms in total. The molecule has 1 heterocycles. The number of ether oxygens (including phenoxy) is 2. The zero-order valence-corrected chi connectivity index (χ0v) is 10.3. The van der Waals surface area contributed by atoms with Crippen LogP contribution in [0, 0.1) is 23.2 Å². The summed E-state index contributed by atoms with van der Waals surface area (Å²) in [6.45, 7) is 2.04. The van der Waals surface area contributed by atoms with E-state index in [9.17, 15) is 14.4 Å². The van der Waals surface area contributed by atoms with E-state index in [1.54, 1.807) is 6.92 Å². The van der Waals surface area contributed by atoms with Crippen LogP contribution in [0.15, 0.2) is 0 Å². The average molecular weight is 252 g/mol. The summed E-state index contributed by atoms with van der Waals surface area (Å²) in [4.78, 5) is 35.8. The van der Waals surface area contributed by atoms with E-state index in [4.69, 9.17) is 9.47 Å². The minimum atomic E-state index is -0.807. The molecule has 3 saturated carbocycles. The smallest absolute Gasteiger partial charge is 0.318 e. The Kier molecular flexibility index (Phi) is 2.47. The number of cyclic esters (lactones) is 2. The van der Waals surface area contributed by atoms with Gasteiger partial charge in [-0.3, -0.25) is 14.4 Å². The summed E-state index contributed by atoms with van der Waals surface area (Å²) >= 11 is 0. The first-order valence-electron chi connectivity index (χ1n) is 6.53. The molecule has 2 atom stereocenters. The molecule has 18 heavy (non-hydrogen) atoms. The Morgan fingerprint density at radius 2 is 2.00 bits per heavy atom. The maximum absolute atomic E-state index is 12.2. The molecule has 1 aliphatic heterocycles. The first-order valence-corrected chi connectivity index (χ1v) is 6.53. The molecule has 4 rings (SSSR count). The normalized spacial score (nSPS) is 41.5. The topological polar surface area (TPSA) is 69.7 Å². The first kappa shape index (κ1) is 11.7. The van der Waals surface area contributed by atoms with Gasteiger partial charge in [-0.05, 0) is 38.5 Å². The molecule has 2 unspecified atom stereocenters. The molecule has 4 aliphatic rings. The lowest BCUT2D eigenvalue weighted by molar-refractivity contribution is -0.175. The first-order chi connectivity index (χ1) is 8.60. The van der Waals surface area contributed by atoms with Crippen molar-refractivity contribution in [1.29, 1.82) is 0 Å². The third-order valence-corrected chi connectivity index (χ3v) is 4.79. The van der Waals surface area contributed by atoms with Crippen LogP contribution >= 0.6 is 0 Å². The van der Waals surface area contributed by atoms with Gasteiger partial charge < -0.3 is 9.47 Å². The van der Waals surface area contributed by atoms with Crippen molar-refractivity contribution in [2.45, 2.75) is 32.6 Å². The van der Waals surface area contributed by atoms with Crippen LogP contribution in [0.4, 0.5) is 0 Å². The molecule has 0 N–H and O–H groups in total. The van der Waals surface area contributed by atoms with Gasteiger partial charge in [0.25, 0.3) is 0 Å². The number of esters is 3. The predicted octanol–water partition coefficient (Wildman–Crippen LogP) is 1.06. The van der Waals surface area contributed by atoms with Crippen LogP contribution in [0.2, 0.25) is 0 Å². The lowest BCUT2D eigenvalue weighted by Gasteiger charge is -2.49. The lowest BCUT2D eigenvalue weighted by atomic mass is 9.51. The molecule has 1 saturated heterocycles. The van der Waals surface area contributed by atoms with Crippen LogP contribution in [-0.2, 0) is 23.9 Å². The minimum Gasteiger partial charge on any atom is -0.466 e. The van der Waals surface area contributed by atoms with Crippen LogP contribution in [0.3, 0.4) is 0 Å². The zero-order valence-electron chi connectivity index (χ0n) is 10.3. The van der Waals surface area contributed by atoms with E-state index in [0.29, 0.717) is 19.4 Å². The highest BCUT2D eigenvalue weighted by atomic mass is 16.6. The Morgan fingerprint density at radius 1 is 1.33 bits per heavy atom. The standard InChI is InChI=1S/C13H16O5/c1-2-17-12(16)13-5-3-7(4-6-13)8-9(13)11(15)18-10(8)14/h7-9H,2-6H2,1H3. The van der Waals surface area contributed by atoms with E-state index in [0.717, 1.165) is 12.8 Å². The van der Waals surface area contributed by atoms with Crippen LogP contribution < -0.4 is 0 Å². The van der Waals surface area contributed by atoms with E-state index < -0.39 is 29.2 Å². The Morgan fingerprint density at radius 3 is 2.61 bits per heavy atom. The van der Waals surface area contributed by atoms with Gasteiger partial charge in [-0.15, -0.1) is 0 Å².